The van der Waals surface area contributed by atoms with Crippen LogP contribution < -0.4 is 4.90 Å². The van der Waals surface area contributed by atoms with Crippen LogP contribution in [0.3, 0.4) is 0 Å². The Morgan fingerprint density at radius 3 is 1.76 bits per heavy atom. The van der Waals surface area contributed by atoms with Crippen LogP contribution in [0, 0.1) is 0 Å². The van der Waals surface area contributed by atoms with Crippen LogP contribution in [0.25, 0.3) is 93.2 Å². The fourth-order valence-corrected chi connectivity index (χ4v) is 9.24. The standard InChI is InChI=1S/C56H36N2O/c1-3-14-39(15-4-1)46-23-12-24-49-50-25-13-27-52(56(50)59-55(46)49)57(51-26-11-18-38-16-7-9-21-44(38)51)43-32-28-37(29-33-43)41-31-34-47-48-35-30-40-17-8-10-22-45(40)54(48)58(53(47)36-41)42-19-5-2-6-20-42/h1-36H. The molecule has 2 aromatic heterocycles. The molecule has 12 aromatic rings. The van der Waals surface area contributed by atoms with E-state index in [2.05, 4.69) is 228 Å². The minimum atomic E-state index is 0.856. The number of rotatable bonds is 6. The van der Waals surface area contributed by atoms with Crippen molar-refractivity contribution in [2.75, 3.05) is 4.90 Å². The highest BCUT2D eigenvalue weighted by molar-refractivity contribution is 6.19. The van der Waals surface area contributed by atoms with Gasteiger partial charge in [-0.15, -0.1) is 0 Å². The van der Waals surface area contributed by atoms with Crippen LogP contribution in [0.2, 0.25) is 0 Å². The largest absolute Gasteiger partial charge is 0.453 e. The quantitative estimate of drug-likeness (QED) is 0.169. The average Bonchev–Trinajstić information content (AvgIpc) is 3.86. The highest BCUT2D eigenvalue weighted by Crippen LogP contribution is 2.46. The summed E-state index contributed by atoms with van der Waals surface area (Å²) < 4.78 is 9.43. The lowest BCUT2D eigenvalue weighted by atomic mass is 10.0. The fourth-order valence-electron chi connectivity index (χ4n) is 9.24. The van der Waals surface area contributed by atoms with E-state index in [1.807, 2.05) is 0 Å². The van der Waals surface area contributed by atoms with Gasteiger partial charge in [0.15, 0.2) is 5.58 Å². The summed E-state index contributed by atoms with van der Waals surface area (Å²) in [5, 5.41) is 9.53. The topological polar surface area (TPSA) is 21.3 Å². The second-order valence-corrected chi connectivity index (χ2v) is 15.3. The van der Waals surface area contributed by atoms with Crippen molar-refractivity contribution in [1.29, 1.82) is 0 Å². The second-order valence-electron chi connectivity index (χ2n) is 15.3. The average molecular weight is 753 g/mol. The van der Waals surface area contributed by atoms with Gasteiger partial charge in [0.05, 0.1) is 22.4 Å². The Morgan fingerprint density at radius 2 is 0.949 bits per heavy atom. The maximum absolute atomic E-state index is 6.99. The lowest BCUT2D eigenvalue weighted by Crippen LogP contribution is -2.10. The summed E-state index contributed by atoms with van der Waals surface area (Å²) in [7, 11) is 0. The Kier molecular flexibility index (Phi) is 7.54. The summed E-state index contributed by atoms with van der Waals surface area (Å²) in [6.45, 7) is 0. The van der Waals surface area contributed by atoms with E-state index >= 15 is 0 Å². The van der Waals surface area contributed by atoms with Gasteiger partial charge in [0, 0.05) is 49.3 Å². The molecule has 0 saturated carbocycles. The Bertz CT molecular complexity index is 3540. The van der Waals surface area contributed by atoms with Crippen LogP contribution >= 0.6 is 0 Å². The molecule has 0 saturated heterocycles. The van der Waals surface area contributed by atoms with Crippen molar-refractivity contribution in [3.05, 3.63) is 218 Å². The third kappa shape index (κ3) is 5.29. The SMILES string of the molecule is c1ccc(-c2cccc3c2oc2c(N(c4ccc(-c5ccc6c7ccc8ccccc8c7n(-c7ccccc7)c6c5)cc4)c4cccc5ccccc45)cccc23)cc1. The van der Waals surface area contributed by atoms with E-state index in [4.69, 9.17) is 4.42 Å². The molecule has 59 heavy (non-hydrogen) atoms. The summed E-state index contributed by atoms with van der Waals surface area (Å²) in [5.74, 6) is 0. The van der Waals surface area contributed by atoms with Gasteiger partial charge in [-0.05, 0) is 69.9 Å². The molecule has 0 atom stereocenters. The van der Waals surface area contributed by atoms with E-state index in [0.717, 1.165) is 66.9 Å². The van der Waals surface area contributed by atoms with Crippen LogP contribution in [0.1, 0.15) is 0 Å². The number of aromatic nitrogens is 1. The van der Waals surface area contributed by atoms with Crippen molar-refractivity contribution < 1.29 is 4.42 Å². The summed E-state index contributed by atoms with van der Waals surface area (Å²) in [6.07, 6.45) is 0. The summed E-state index contributed by atoms with van der Waals surface area (Å²) in [6, 6.07) is 78.5. The molecule has 3 nitrogen and oxygen atoms in total. The first-order chi connectivity index (χ1) is 29.3. The van der Waals surface area contributed by atoms with Gasteiger partial charge < -0.3 is 13.9 Å². The van der Waals surface area contributed by atoms with Crippen LogP contribution in [0.15, 0.2) is 223 Å². The Labute approximate surface area is 341 Å². The molecule has 0 aliphatic heterocycles. The molecule has 0 bridgehead atoms. The number of para-hydroxylation sites is 3. The molecule has 0 N–H and O–H groups in total. The molecule has 3 heteroatoms. The lowest BCUT2D eigenvalue weighted by molar-refractivity contribution is 0.670. The lowest BCUT2D eigenvalue weighted by Gasteiger charge is -2.27. The van der Waals surface area contributed by atoms with Gasteiger partial charge in [-0.3, -0.25) is 0 Å². The highest BCUT2D eigenvalue weighted by Gasteiger charge is 2.22. The number of anilines is 3. The van der Waals surface area contributed by atoms with Crippen molar-refractivity contribution in [2.45, 2.75) is 0 Å². The van der Waals surface area contributed by atoms with Crippen molar-refractivity contribution in [1.82, 2.24) is 4.57 Å². The predicted octanol–water partition coefficient (Wildman–Crippen LogP) is 15.8. The zero-order valence-electron chi connectivity index (χ0n) is 32.1. The van der Waals surface area contributed by atoms with Crippen molar-refractivity contribution in [3.8, 4) is 27.9 Å². The second kappa shape index (κ2) is 13.4. The van der Waals surface area contributed by atoms with E-state index in [-0.39, 0.29) is 0 Å². The molecule has 0 aliphatic rings. The van der Waals surface area contributed by atoms with Crippen LogP contribution in [-0.4, -0.2) is 4.57 Å². The minimum Gasteiger partial charge on any atom is -0.453 e. The highest BCUT2D eigenvalue weighted by atomic mass is 16.3. The number of hydrogen-bond acceptors (Lipinski definition) is 2. The van der Waals surface area contributed by atoms with E-state index < -0.39 is 0 Å². The molecule has 0 amide bonds. The maximum atomic E-state index is 6.99. The number of benzene rings is 10. The molecule has 0 spiro atoms. The van der Waals surface area contributed by atoms with Crippen molar-refractivity contribution in [2.24, 2.45) is 0 Å². The van der Waals surface area contributed by atoms with Crippen molar-refractivity contribution in [3.63, 3.8) is 0 Å². The molecular weight excluding hydrogens is 717 g/mol. The molecule has 12 rings (SSSR count). The monoisotopic (exact) mass is 752 g/mol. The zero-order chi connectivity index (χ0) is 38.9. The zero-order valence-corrected chi connectivity index (χ0v) is 32.1. The number of fused-ring (bicyclic) bond motifs is 9. The van der Waals surface area contributed by atoms with Gasteiger partial charge in [-0.2, -0.15) is 0 Å². The van der Waals surface area contributed by atoms with E-state index in [0.29, 0.717) is 0 Å². The number of furan rings is 1. The van der Waals surface area contributed by atoms with E-state index in [1.165, 1.54) is 43.4 Å². The van der Waals surface area contributed by atoms with E-state index in [9.17, 15) is 0 Å². The first-order valence-electron chi connectivity index (χ1n) is 20.2. The normalized spacial score (nSPS) is 11.7. The van der Waals surface area contributed by atoms with E-state index in [1.54, 1.807) is 0 Å². The van der Waals surface area contributed by atoms with Crippen LogP contribution in [0.5, 0.6) is 0 Å². The maximum Gasteiger partial charge on any atom is 0.159 e. The van der Waals surface area contributed by atoms with Gasteiger partial charge in [0.1, 0.15) is 5.58 Å². The van der Waals surface area contributed by atoms with Crippen molar-refractivity contribution >= 4 is 82.4 Å². The van der Waals surface area contributed by atoms with Gasteiger partial charge in [0.2, 0.25) is 0 Å². The summed E-state index contributed by atoms with van der Waals surface area (Å²) >= 11 is 0. The smallest absolute Gasteiger partial charge is 0.159 e. The first-order valence-corrected chi connectivity index (χ1v) is 20.2. The molecule has 0 aliphatic carbocycles. The third-order valence-electron chi connectivity index (χ3n) is 12.0. The van der Waals surface area contributed by atoms with Crippen LogP contribution in [-0.2, 0) is 0 Å². The van der Waals surface area contributed by atoms with Crippen LogP contribution in [0.4, 0.5) is 17.1 Å². The Balaban J connectivity index is 1.04. The molecular formula is C56H36N2O. The van der Waals surface area contributed by atoms with Gasteiger partial charge in [0.25, 0.3) is 0 Å². The Hall–Kier alpha value is -7.88. The van der Waals surface area contributed by atoms with Gasteiger partial charge >= 0.3 is 0 Å². The Morgan fingerprint density at radius 1 is 0.356 bits per heavy atom. The molecule has 276 valence electrons. The fraction of sp³-hybridized carbons (Fsp3) is 0. The number of nitrogens with zero attached hydrogens (tertiary/aromatic N) is 2. The summed E-state index contributed by atoms with van der Waals surface area (Å²) in [5.41, 5.74) is 13.0. The van der Waals surface area contributed by atoms with Gasteiger partial charge in [-0.25, -0.2) is 0 Å². The summed E-state index contributed by atoms with van der Waals surface area (Å²) in [4.78, 5) is 2.36. The minimum absolute atomic E-state index is 0.856. The first kappa shape index (κ1) is 33.3. The third-order valence-corrected chi connectivity index (χ3v) is 12.0. The molecule has 2 heterocycles. The number of hydrogen-bond donors (Lipinski definition) is 0. The molecule has 0 unspecified atom stereocenters. The predicted molar refractivity (Wildman–Crippen MR) is 249 cm³/mol. The molecule has 0 fully saturated rings. The molecule has 0 radical (unpaired) electrons. The molecule has 10 aromatic carbocycles. The van der Waals surface area contributed by atoms with Gasteiger partial charge in [-0.1, -0.05) is 176 Å².